The van der Waals surface area contributed by atoms with E-state index in [1.54, 1.807) is 10.9 Å². The average molecular weight is 234 g/mol. The minimum Gasteiger partial charge on any atom is -0.396 e. The Kier molecular flexibility index (Phi) is 3.08. The molecule has 0 aliphatic carbocycles. The van der Waals surface area contributed by atoms with Gasteiger partial charge in [0.2, 0.25) is 0 Å². The van der Waals surface area contributed by atoms with Crippen molar-refractivity contribution in [3.05, 3.63) is 29.8 Å². The van der Waals surface area contributed by atoms with Gasteiger partial charge in [0.05, 0.1) is 18.1 Å². The van der Waals surface area contributed by atoms with E-state index in [-0.39, 0.29) is 5.91 Å². The maximum Gasteiger partial charge on any atom is 0.271 e. The predicted molar refractivity (Wildman–Crippen MR) is 62.2 cm³/mol. The molecule has 0 aliphatic heterocycles. The maximum absolute atomic E-state index is 11.6. The third-order valence-corrected chi connectivity index (χ3v) is 2.35. The van der Waals surface area contributed by atoms with Crippen LogP contribution in [0.4, 0.5) is 5.69 Å². The molecule has 2 heterocycles. The second kappa shape index (κ2) is 4.69. The fraction of sp³-hybridized carbons (Fsp3) is 0.300. The third-order valence-electron chi connectivity index (χ3n) is 2.35. The molecule has 0 aliphatic rings. The summed E-state index contributed by atoms with van der Waals surface area (Å²) in [4.78, 5) is 11.6. The van der Waals surface area contributed by atoms with Crippen LogP contribution >= 0.6 is 0 Å². The molecule has 2 aromatic rings. The summed E-state index contributed by atoms with van der Waals surface area (Å²) in [7, 11) is 1.85. The number of carbonyl (C=O) groups is 1. The van der Waals surface area contributed by atoms with E-state index in [9.17, 15) is 4.79 Å². The van der Waals surface area contributed by atoms with Crippen molar-refractivity contribution in [3.63, 3.8) is 0 Å². The van der Waals surface area contributed by atoms with Crippen LogP contribution in [-0.2, 0) is 13.5 Å². The second-order valence-electron chi connectivity index (χ2n) is 3.73. The van der Waals surface area contributed by atoms with Crippen LogP contribution in [-0.4, -0.2) is 32.4 Å². The number of nitrogens with two attached hydrogens (primary N) is 1. The Labute approximate surface area is 98.0 Å². The Balaban J connectivity index is 1.83. The smallest absolute Gasteiger partial charge is 0.271 e. The number of carbonyl (C=O) groups excluding carboxylic acids is 1. The highest BCUT2D eigenvalue weighted by Gasteiger charge is 2.10. The van der Waals surface area contributed by atoms with Gasteiger partial charge in [-0.15, -0.1) is 0 Å². The lowest BCUT2D eigenvalue weighted by Gasteiger charge is -2.02. The molecule has 90 valence electrons. The molecule has 0 unspecified atom stereocenters. The van der Waals surface area contributed by atoms with Crippen molar-refractivity contribution < 1.29 is 4.79 Å². The average Bonchev–Trinajstić information content (AvgIpc) is 2.87. The first-order valence-electron chi connectivity index (χ1n) is 5.21. The standard InChI is InChI=1S/C10H14N6O/c1-16-6-7(4-14-16)2-3-12-10(17)9-8(11)5-13-15-9/h4-6H,2-3,11H2,1H3,(H,12,17)(H,13,15). The Hall–Kier alpha value is -2.31. The van der Waals surface area contributed by atoms with Gasteiger partial charge in [-0.2, -0.15) is 10.2 Å². The molecule has 2 rings (SSSR count). The number of nitrogens with zero attached hydrogens (tertiary/aromatic N) is 3. The lowest BCUT2D eigenvalue weighted by atomic mass is 10.2. The van der Waals surface area contributed by atoms with Crippen LogP contribution < -0.4 is 11.1 Å². The lowest BCUT2D eigenvalue weighted by Crippen LogP contribution is -2.26. The molecule has 17 heavy (non-hydrogen) atoms. The van der Waals surface area contributed by atoms with Crippen LogP contribution in [0.5, 0.6) is 0 Å². The van der Waals surface area contributed by atoms with E-state index in [1.165, 1.54) is 6.20 Å². The van der Waals surface area contributed by atoms with Crippen molar-refractivity contribution in [2.45, 2.75) is 6.42 Å². The summed E-state index contributed by atoms with van der Waals surface area (Å²) in [6.45, 7) is 0.531. The number of aryl methyl sites for hydroxylation is 1. The number of nitrogens with one attached hydrogen (secondary N) is 2. The molecule has 0 bridgehead atoms. The number of aromatic amines is 1. The highest BCUT2D eigenvalue weighted by atomic mass is 16.1. The molecular weight excluding hydrogens is 220 g/mol. The topological polar surface area (TPSA) is 102 Å². The van der Waals surface area contributed by atoms with Crippen molar-refractivity contribution >= 4 is 11.6 Å². The molecule has 0 saturated carbocycles. The van der Waals surface area contributed by atoms with E-state index in [0.29, 0.717) is 17.9 Å². The van der Waals surface area contributed by atoms with Crippen molar-refractivity contribution in [1.82, 2.24) is 25.3 Å². The summed E-state index contributed by atoms with van der Waals surface area (Å²) in [6.07, 6.45) is 5.83. The van der Waals surface area contributed by atoms with E-state index in [2.05, 4.69) is 20.6 Å². The van der Waals surface area contributed by atoms with E-state index < -0.39 is 0 Å². The van der Waals surface area contributed by atoms with Crippen molar-refractivity contribution in [1.29, 1.82) is 0 Å². The van der Waals surface area contributed by atoms with Crippen molar-refractivity contribution in [2.24, 2.45) is 7.05 Å². The number of anilines is 1. The van der Waals surface area contributed by atoms with Gasteiger partial charge in [-0.25, -0.2) is 0 Å². The van der Waals surface area contributed by atoms with Crippen LogP contribution in [0.1, 0.15) is 16.1 Å². The molecule has 1 amide bonds. The SMILES string of the molecule is Cn1cc(CCNC(=O)c2[nH]ncc2N)cn1. The van der Waals surface area contributed by atoms with Crippen LogP contribution in [0.25, 0.3) is 0 Å². The van der Waals surface area contributed by atoms with Gasteiger partial charge in [-0.05, 0) is 12.0 Å². The molecule has 0 aromatic carbocycles. The molecule has 7 heteroatoms. The minimum absolute atomic E-state index is 0.246. The number of nitrogen functional groups attached to an aromatic ring is 1. The molecule has 0 saturated heterocycles. The summed E-state index contributed by atoms with van der Waals surface area (Å²) < 4.78 is 1.73. The van der Waals surface area contributed by atoms with Gasteiger partial charge in [0.25, 0.3) is 5.91 Å². The van der Waals surface area contributed by atoms with E-state index in [0.717, 1.165) is 12.0 Å². The Morgan fingerprint density at radius 1 is 1.59 bits per heavy atom. The summed E-state index contributed by atoms with van der Waals surface area (Å²) in [5, 5.41) is 13.0. The second-order valence-corrected chi connectivity index (χ2v) is 3.73. The zero-order valence-corrected chi connectivity index (χ0v) is 9.47. The Bertz CT molecular complexity index is 514. The van der Waals surface area contributed by atoms with Gasteiger partial charge < -0.3 is 11.1 Å². The Morgan fingerprint density at radius 2 is 2.41 bits per heavy atom. The van der Waals surface area contributed by atoms with Crippen LogP contribution in [0.3, 0.4) is 0 Å². The van der Waals surface area contributed by atoms with Gasteiger partial charge >= 0.3 is 0 Å². The van der Waals surface area contributed by atoms with Gasteiger partial charge in [0.15, 0.2) is 0 Å². The quantitative estimate of drug-likeness (QED) is 0.675. The molecule has 2 aromatic heterocycles. The number of aromatic nitrogens is 4. The first-order valence-corrected chi connectivity index (χ1v) is 5.21. The minimum atomic E-state index is -0.246. The third kappa shape index (κ3) is 2.63. The monoisotopic (exact) mass is 234 g/mol. The number of hydrogen-bond donors (Lipinski definition) is 3. The summed E-state index contributed by atoms with van der Waals surface area (Å²) >= 11 is 0. The fourth-order valence-corrected chi connectivity index (χ4v) is 1.49. The highest BCUT2D eigenvalue weighted by Crippen LogP contribution is 2.05. The summed E-state index contributed by atoms with van der Waals surface area (Å²) in [6, 6.07) is 0. The molecular formula is C10H14N6O. The van der Waals surface area contributed by atoms with Crippen molar-refractivity contribution in [2.75, 3.05) is 12.3 Å². The van der Waals surface area contributed by atoms with Gasteiger partial charge in [-0.1, -0.05) is 0 Å². The first kappa shape index (κ1) is 11.2. The fourth-order valence-electron chi connectivity index (χ4n) is 1.49. The lowest BCUT2D eigenvalue weighted by molar-refractivity contribution is 0.0950. The Morgan fingerprint density at radius 3 is 3.00 bits per heavy atom. The van der Waals surface area contributed by atoms with Crippen LogP contribution in [0.15, 0.2) is 18.6 Å². The largest absolute Gasteiger partial charge is 0.396 e. The predicted octanol–water partition coefficient (Wildman–Crippen LogP) is -0.302. The zero-order chi connectivity index (χ0) is 12.3. The van der Waals surface area contributed by atoms with E-state index in [4.69, 9.17) is 5.73 Å². The van der Waals surface area contributed by atoms with Gasteiger partial charge in [-0.3, -0.25) is 14.6 Å². The summed E-state index contributed by atoms with van der Waals surface area (Å²) in [5.74, 6) is -0.246. The maximum atomic E-state index is 11.6. The highest BCUT2D eigenvalue weighted by molar-refractivity contribution is 5.96. The molecule has 0 radical (unpaired) electrons. The van der Waals surface area contributed by atoms with Crippen LogP contribution in [0.2, 0.25) is 0 Å². The normalized spacial score (nSPS) is 10.4. The molecule has 4 N–H and O–H groups in total. The van der Waals surface area contributed by atoms with E-state index in [1.807, 2.05) is 13.2 Å². The van der Waals surface area contributed by atoms with Crippen LogP contribution in [0, 0.1) is 0 Å². The number of H-pyrrole nitrogens is 1. The molecule has 0 spiro atoms. The number of rotatable bonds is 4. The number of amides is 1. The van der Waals surface area contributed by atoms with Crippen molar-refractivity contribution in [3.8, 4) is 0 Å². The molecule has 7 nitrogen and oxygen atoms in total. The number of hydrogen-bond acceptors (Lipinski definition) is 4. The van der Waals surface area contributed by atoms with Gasteiger partial charge in [0, 0.05) is 19.8 Å². The first-order chi connectivity index (χ1) is 8.16. The van der Waals surface area contributed by atoms with Gasteiger partial charge in [0.1, 0.15) is 5.69 Å². The summed E-state index contributed by atoms with van der Waals surface area (Å²) in [5.41, 5.74) is 7.29. The molecule has 0 atom stereocenters. The molecule has 0 fully saturated rings. The zero-order valence-electron chi connectivity index (χ0n) is 9.47. The van der Waals surface area contributed by atoms with E-state index >= 15 is 0 Å².